The second-order valence-corrected chi connectivity index (χ2v) is 8.27. The predicted octanol–water partition coefficient (Wildman–Crippen LogP) is 1.81. The zero-order valence-corrected chi connectivity index (χ0v) is 11.7. The zero-order chi connectivity index (χ0) is 12.0. The summed E-state index contributed by atoms with van der Waals surface area (Å²) in [5.74, 6) is 1.76. The third-order valence-electron chi connectivity index (χ3n) is 3.13. The van der Waals surface area contributed by atoms with Crippen LogP contribution >= 0.6 is 11.8 Å². The number of hydrogen-bond donors (Lipinski definition) is 1. The highest BCUT2D eigenvalue weighted by Crippen LogP contribution is 2.28. The summed E-state index contributed by atoms with van der Waals surface area (Å²) in [5.41, 5.74) is 6.10. The Morgan fingerprint density at radius 1 is 1.44 bits per heavy atom. The summed E-state index contributed by atoms with van der Waals surface area (Å²) in [6.45, 7) is 1.70. The first-order chi connectivity index (χ1) is 7.55. The van der Waals surface area contributed by atoms with Crippen molar-refractivity contribution in [1.82, 2.24) is 0 Å². The lowest BCUT2D eigenvalue weighted by Gasteiger charge is -2.26. The van der Waals surface area contributed by atoms with Gasteiger partial charge in [0.25, 0.3) is 0 Å². The van der Waals surface area contributed by atoms with Gasteiger partial charge in [-0.1, -0.05) is 13.3 Å². The fourth-order valence-electron chi connectivity index (χ4n) is 1.97. The molecule has 3 nitrogen and oxygen atoms in total. The second-order valence-electron chi connectivity index (χ2n) is 4.45. The Hall–Kier alpha value is 0.260. The first-order valence-corrected chi connectivity index (χ1v) is 9.00. The number of thioether (sulfide) groups is 1. The van der Waals surface area contributed by atoms with Gasteiger partial charge in [0.15, 0.2) is 0 Å². The molecule has 1 saturated heterocycles. The molecule has 0 spiro atoms. The van der Waals surface area contributed by atoms with Crippen molar-refractivity contribution in [2.24, 2.45) is 5.73 Å². The van der Waals surface area contributed by atoms with E-state index >= 15 is 0 Å². The summed E-state index contributed by atoms with van der Waals surface area (Å²) < 4.78 is 22.6. The van der Waals surface area contributed by atoms with Crippen molar-refractivity contribution >= 4 is 21.6 Å². The van der Waals surface area contributed by atoms with Gasteiger partial charge < -0.3 is 5.73 Å². The van der Waals surface area contributed by atoms with Crippen molar-refractivity contribution in [1.29, 1.82) is 0 Å². The lowest BCUT2D eigenvalue weighted by molar-refractivity contribution is 0.524. The number of sulfone groups is 1. The van der Waals surface area contributed by atoms with Gasteiger partial charge in [0.1, 0.15) is 9.84 Å². The molecule has 16 heavy (non-hydrogen) atoms. The fourth-order valence-corrected chi connectivity index (χ4v) is 4.26. The van der Waals surface area contributed by atoms with E-state index in [0.29, 0.717) is 17.4 Å². The molecule has 0 bridgehead atoms. The van der Waals surface area contributed by atoms with Crippen molar-refractivity contribution < 1.29 is 8.42 Å². The van der Waals surface area contributed by atoms with Crippen LogP contribution in [0.1, 0.15) is 39.0 Å². The van der Waals surface area contributed by atoms with Gasteiger partial charge in [-0.25, -0.2) is 8.42 Å². The van der Waals surface area contributed by atoms with E-state index < -0.39 is 9.84 Å². The molecule has 1 fully saturated rings. The monoisotopic (exact) mass is 265 g/mol. The Bertz CT molecular complexity index is 284. The number of hydrogen-bond acceptors (Lipinski definition) is 4. The molecule has 0 saturated carbocycles. The molecule has 0 aliphatic carbocycles. The first-order valence-electron chi connectivity index (χ1n) is 6.13. The molecule has 1 aliphatic heterocycles. The minimum absolute atomic E-state index is 0.178. The van der Waals surface area contributed by atoms with Crippen molar-refractivity contribution in [2.45, 2.75) is 50.3 Å². The minimum atomic E-state index is -2.81. The van der Waals surface area contributed by atoms with Crippen LogP contribution in [0.5, 0.6) is 0 Å². The molecule has 5 heteroatoms. The highest BCUT2D eigenvalue weighted by atomic mass is 32.2. The Labute approximate surface area is 103 Å². The molecule has 0 aromatic heterocycles. The Balaban J connectivity index is 2.21. The number of nitrogens with two attached hydrogens (primary N) is 1. The van der Waals surface area contributed by atoms with E-state index in [1.807, 2.05) is 11.8 Å². The first kappa shape index (κ1) is 14.3. The van der Waals surface area contributed by atoms with Gasteiger partial charge in [-0.3, -0.25) is 0 Å². The van der Waals surface area contributed by atoms with E-state index in [4.69, 9.17) is 5.73 Å². The summed E-state index contributed by atoms with van der Waals surface area (Å²) in [5, 5.41) is 0.554. The highest BCUT2D eigenvalue weighted by Gasteiger charge is 2.21. The fraction of sp³-hybridized carbons (Fsp3) is 1.00. The molecule has 0 aromatic carbocycles. The standard InChI is InChI=1S/C11H23NO2S2/c1-2-16(13,14)9-5-6-10(12)11-7-3-4-8-15-11/h10-11H,2-9,12H2,1H3. The van der Waals surface area contributed by atoms with Crippen LogP contribution in [-0.4, -0.2) is 37.0 Å². The van der Waals surface area contributed by atoms with Gasteiger partial charge in [0, 0.05) is 17.0 Å². The number of rotatable bonds is 6. The molecule has 2 N–H and O–H groups in total. The van der Waals surface area contributed by atoms with Crippen LogP contribution in [0.15, 0.2) is 0 Å². The summed E-state index contributed by atoms with van der Waals surface area (Å²) >= 11 is 1.96. The van der Waals surface area contributed by atoms with E-state index in [1.165, 1.54) is 25.0 Å². The maximum Gasteiger partial charge on any atom is 0.150 e. The van der Waals surface area contributed by atoms with Gasteiger partial charge in [-0.05, 0) is 31.4 Å². The molecule has 2 unspecified atom stereocenters. The van der Waals surface area contributed by atoms with Crippen molar-refractivity contribution in [3.8, 4) is 0 Å². The van der Waals surface area contributed by atoms with E-state index in [-0.39, 0.29) is 11.8 Å². The molecule has 0 amide bonds. The molecular formula is C11H23NO2S2. The maximum atomic E-state index is 11.3. The summed E-state index contributed by atoms with van der Waals surface area (Å²) in [6, 6.07) is 0.178. The van der Waals surface area contributed by atoms with E-state index in [2.05, 4.69) is 0 Å². The lowest BCUT2D eigenvalue weighted by Crippen LogP contribution is -2.34. The predicted molar refractivity (Wildman–Crippen MR) is 71.6 cm³/mol. The zero-order valence-electron chi connectivity index (χ0n) is 10.0. The minimum Gasteiger partial charge on any atom is -0.327 e. The molecule has 0 radical (unpaired) electrons. The molecule has 2 atom stereocenters. The second kappa shape index (κ2) is 6.87. The maximum absolute atomic E-state index is 11.3. The molecule has 0 aromatic rings. The topological polar surface area (TPSA) is 60.2 Å². The highest BCUT2D eigenvalue weighted by molar-refractivity contribution is 8.00. The van der Waals surface area contributed by atoms with E-state index in [0.717, 1.165) is 6.42 Å². The van der Waals surface area contributed by atoms with Crippen LogP contribution in [0.25, 0.3) is 0 Å². The van der Waals surface area contributed by atoms with Crippen molar-refractivity contribution in [3.63, 3.8) is 0 Å². The molecule has 96 valence electrons. The summed E-state index contributed by atoms with van der Waals surface area (Å²) in [4.78, 5) is 0. The van der Waals surface area contributed by atoms with Gasteiger partial charge in [0.05, 0.1) is 5.75 Å². The van der Waals surface area contributed by atoms with Crippen LogP contribution in [0, 0.1) is 0 Å². The van der Waals surface area contributed by atoms with Crippen LogP contribution in [0.3, 0.4) is 0 Å². The quantitative estimate of drug-likeness (QED) is 0.796. The van der Waals surface area contributed by atoms with E-state index in [9.17, 15) is 8.42 Å². The smallest absolute Gasteiger partial charge is 0.150 e. The van der Waals surface area contributed by atoms with Crippen LogP contribution in [0.2, 0.25) is 0 Å². The Morgan fingerprint density at radius 3 is 2.75 bits per heavy atom. The van der Waals surface area contributed by atoms with Crippen LogP contribution in [0.4, 0.5) is 0 Å². The molecule has 1 heterocycles. The molecule has 1 aliphatic rings. The largest absolute Gasteiger partial charge is 0.327 e. The van der Waals surface area contributed by atoms with Gasteiger partial charge >= 0.3 is 0 Å². The van der Waals surface area contributed by atoms with Crippen LogP contribution < -0.4 is 5.73 Å². The van der Waals surface area contributed by atoms with Gasteiger partial charge in [-0.2, -0.15) is 11.8 Å². The average molecular weight is 265 g/mol. The lowest BCUT2D eigenvalue weighted by atomic mass is 10.0. The third kappa shape index (κ3) is 5.06. The van der Waals surface area contributed by atoms with Gasteiger partial charge in [0.2, 0.25) is 0 Å². The van der Waals surface area contributed by atoms with Crippen LogP contribution in [-0.2, 0) is 9.84 Å². The average Bonchev–Trinajstić information content (AvgIpc) is 2.30. The molecule has 1 rings (SSSR count). The molecular weight excluding hydrogens is 242 g/mol. The Kier molecular flexibility index (Phi) is 6.15. The van der Waals surface area contributed by atoms with E-state index in [1.54, 1.807) is 6.92 Å². The Morgan fingerprint density at radius 2 is 2.19 bits per heavy atom. The normalized spacial score (nSPS) is 24.2. The summed E-state index contributed by atoms with van der Waals surface area (Å²) in [7, 11) is -2.81. The van der Waals surface area contributed by atoms with Crippen molar-refractivity contribution in [2.75, 3.05) is 17.3 Å². The van der Waals surface area contributed by atoms with Crippen molar-refractivity contribution in [3.05, 3.63) is 0 Å². The SMILES string of the molecule is CCS(=O)(=O)CCCC(N)C1CCCCS1. The third-order valence-corrected chi connectivity index (χ3v) is 6.45. The van der Waals surface area contributed by atoms with Gasteiger partial charge in [-0.15, -0.1) is 0 Å². The summed E-state index contributed by atoms with van der Waals surface area (Å²) in [6.07, 6.45) is 5.34.